The van der Waals surface area contributed by atoms with E-state index >= 15 is 0 Å². The minimum atomic E-state index is 0.545. The maximum atomic E-state index is 5.56. The quantitative estimate of drug-likeness (QED) is 0.485. The van der Waals surface area contributed by atoms with E-state index in [9.17, 15) is 0 Å². The van der Waals surface area contributed by atoms with Gasteiger partial charge in [0.05, 0.1) is 0 Å². The van der Waals surface area contributed by atoms with Crippen molar-refractivity contribution >= 4 is 0 Å². The molecule has 2 nitrogen and oxygen atoms in total. The molecule has 2 aliphatic carbocycles. The first-order valence-electron chi connectivity index (χ1n) is 5.21. The molecule has 2 rings (SSSR count). The summed E-state index contributed by atoms with van der Waals surface area (Å²) in [7, 11) is 0. The van der Waals surface area contributed by atoms with Crippen LogP contribution in [0, 0.1) is 11.3 Å². The highest BCUT2D eigenvalue weighted by Gasteiger charge is 2.44. The van der Waals surface area contributed by atoms with Crippen molar-refractivity contribution in [1.29, 1.82) is 0 Å². The molecule has 70 valence electrons. The normalized spacial score (nSPS) is 28.5. The van der Waals surface area contributed by atoms with E-state index in [-0.39, 0.29) is 0 Å². The van der Waals surface area contributed by atoms with Crippen molar-refractivity contribution in [2.45, 2.75) is 51.5 Å². The van der Waals surface area contributed by atoms with Gasteiger partial charge in [-0.3, -0.25) is 11.3 Å². The summed E-state index contributed by atoms with van der Waals surface area (Å²) in [5.74, 6) is 6.60. The van der Waals surface area contributed by atoms with Gasteiger partial charge in [-0.2, -0.15) is 0 Å². The van der Waals surface area contributed by atoms with E-state index in [1.54, 1.807) is 0 Å². The molecule has 0 aliphatic heterocycles. The Morgan fingerprint density at radius 1 is 1.50 bits per heavy atom. The monoisotopic (exact) mass is 168 g/mol. The van der Waals surface area contributed by atoms with Gasteiger partial charge in [0, 0.05) is 6.04 Å². The van der Waals surface area contributed by atoms with Gasteiger partial charge < -0.3 is 0 Å². The zero-order valence-corrected chi connectivity index (χ0v) is 7.97. The third kappa shape index (κ3) is 1.80. The van der Waals surface area contributed by atoms with E-state index in [0.29, 0.717) is 11.5 Å². The van der Waals surface area contributed by atoms with Gasteiger partial charge in [0.1, 0.15) is 0 Å². The van der Waals surface area contributed by atoms with Crippen molar-refractivity contribution in [3.05, 3.63) is 0 Å². The number of hydrogen-bond donors (Lipinski definition) is 2. The van der Waals surface area contributed by atoms with Crippen LogP contribution in [0.15, 0.2) is 0 Å². The lowest BCUT2D eigenvalue weighted by Gasteiger charge is -2.22. The van der Waals surface area contributed by atoms with Gasteiger partial charge in [-0.15, -0.1) is 0 Å². The molecule has 1 unspecified atom stereocenters. The first-order valence-corrected chi connectivity index (χ1v) is 5.21. The van der Waals surface area contributed by atoms with Crippen LogP contribution in [0.4, 0.5) is 0 Å². The van der Waals surface area contributed by atoms with E-state index in [0.717, 1.165) is 5.92 Å². The summed E-state index contributed by atoms with van der Waals surface area (Å²) in [6.45, 7) is 2.35. The molecule has 3 N–H and O–H groups in total. The fourth-order valence-electron chi connectivity index (χ4n) is 1.99. The first kappa shape index (κ1) is 8.52. The molecule has 12 heavy (non-hydrogen) atoms. The Kier molecular flexibility index (Phi) is 2.13. The molecule has 0 aromatic carbocycles. The number of rotatable bonds is 5. The molecule has 2 fully saturated rings. The van der Waals surface area contributed by atoms with Crippen LogP contribution >= 0.6 is 0 Å². The molecular formula is C10H20N2. The maximum Gasteiger partial charge on any atom is 0.0264 e. The molecular weight excluding hydrogens is 148 g/mol. The molecule has 2 saturated carbocycles. The second-order valence-corrected chi connectivity index (χ2v) is 4.89. The molecule has 0 radical (unpaired) electrons. The fraction of sp³-hybridized carbons (Fsp3) is 1.00. The van der Waals surface area contributed by atoms with Crippen molar-refractivity contribution in [3.8, 4) is 0 Å². The predicted molar refractivity (Wildman–Crippen MR) is 50.4 cm³/mol. The molecule has 0 saturated heterocycles. The number of hydrogen-bond acceptors (Lipinski definition) is 2. The summed E-state index contributed by atoms with van der Waals surface area (Å²) in [5.41, 5.74) is 3.53. The average Bonchev–Trinajstić information content (AvgIpc) is 2.89. The van der Waals surface area contributed by atoms with Crippen molar-refractivity contribution in [3.63, 3.8) is 0 Å². The minimum absolute atomic E-state index is 0.545. The Balaban J connectivity index is 1.73. The number of hydrazine groups is 1. The third-order valence-corrected chi connectivity index (χ3v) is 3.64. The number of nitrogens with one attached hydrogen (secondary N) is 1. The number of nitrogens with two attached hydrogens (primary N) is 1. The maximum absolute atomic E-state index is 5.56. The second kappa shape index (κ2) is 3.00. The van der Waals surface area contributed by atoms with Crippen LogP contribution in [0.25, 0.3) is 0 Å². The van der Waals surface area contributed by atoms with Crippen LogP contribution in [0.5, 0.6) is 0 Å². The van der Waals surface area contributed by atoms with Crippen molar-refractivity contribution in [2.24, 2.45) is 17.2 Å². The van der Waals surface area contributed by atoms with Crippen LogP contribution in [-0.2, 0) is 0 Å². The summed E-state index contributed by atoms with van der Waals surface area (Å²) >= 11 is 0. The Morgan fingerprint density at radius 3 is 2.58 bits per heavy atom. The molecule has 0 amide bonds. The van der Waals surface area contributed by atoms with Crippen LogP contribution in [-0.4, -0.2) is 6.04 Å². The third-order valence-electron chi connectivity index (χ3n) is 3.64. The summed E-state index contributed by atoms with van der Waals surface area (Å²) < 4.78 is 0. The van der Waals surface area contributed by atoms with E-state index < -0.39 is 0 Å². The van der Waals surface area contributed by atoms with Gasteiger partial charge in [0.15, 0.2) is 0 Å². The van der Waals surface area contributed by atoms with Crippen molar-refractivity contribution < 1.29 is 0 Å². The zero-order chi connectivity index (χ0) is 8.60. The lowest BCUT2D eigenvalue weighted by atomic mass is 9.94. The minimum Gasteiger partial charge on any atom is -0.271 e. The van der Waals surface area contributed by atoms with Gasteiger partial charge in [-0.25, -0.2) is 0 Å². The molecule has 0 aromatic heterocycles. The van der Waals surface area contributed by atoms with Gasteiger partial charge in [-0.1, -0.05) is 19.8 Å². The highest BCUT2D eigenvalue weighted by Crippen LogP contribution is 2.50. The van der Waals surface area contributed by atoms with Crippen molar-refractivity contribution in [1.82, 2.24) is 5.43 Å². The molecule has 0 heterocycles. The summed E-state index contributed by atoms with van der Waals surface area (Å²) in [6, 6.07) is 0.582. The topological polar surface area (TPSA) is 38.0 Å². The second-order valence-electron chi connectivity index (χ2n) is 4.89. The van der Waals surface area contributed by atoms with E-state index in [1.165, 1.54) is 38.5 Å². The summed E-state index contributed by atoms with van der Waals surface area (Å²) in [6.07, 6.45) is 8.35. The Labute approximate surface area is 74.9 Å². The van der Waals surface area contributed by atoms with Crippen molar-refractivity contribution in [2.75, 3.05) is 0 Å². The highest BCUT2D eigenvalue weighted by molar-refractivity contribution is 4.98. The molecule has 0 bridgehead atoms. The van der Waals surface area contributed by atoms with Gasteiger partial charge >= 0.3 is 0 Å². The zero-order valence-electron chi connectivity index (χ0n) is 7.97. The van der Waals surface area contributed by atoms with Crippen LogP contribution < -0.4 is 11.3 Å². The largest absolute Gasteiger partial charge is 0.271 e. The average molecular weight is 168 g/mol. The van der Waals surface area contributed by atoms with E-state index in [1.807, 2.05) is 0 Å². The van der Waals surface area contributed by atoms with Crippen LogP contribution in [0.1, 0.15) is 45.4 Å². The summed E-state index contributed by atoms with van der Waals surface area (Å²) in [5, 5.41) is 0. The fourth-order valence-corrected chi connectivity index (χ4v) is 1.99. The Morgan fingerprint density at radius 2 is 2.17 bits per heavy atom. The lowest BCUT2D eigenvalue weighted by molar-refractivity contribution is 0.330. The van der Waals surface area contributed by atoms with Crippen LogP contribution in [0.3, 0.4) is 0 Å². The van der Waals surface area contributed by atoms with Crippen LogP contribution in [0.2, 0.25) is 0 Å². The van der Waals surface area contributed by atoms with Gasteiger partial charge in [-0.05, 0) is 37.0 Å². The molecule has 0 aromatic rings. The SMILES string of the molecule is CC1(C(CCC2CC2)NN)CC1. The van der Waals surface area contributed by atoms with E-state index in [4.69, 9.17) is 5.84 Å². The smallest absolute Gasteiger partial charge is 0.0264 e. The Bertz CT molecular complexity index is 159. The lowest BCUT2D eigenvalue weighted by Crippen LogP contribution is -2.41. The highest BCUT2D eigenvalue weighted by atomic mass is 15.2. The Hall–Kier alpha value is -0.0800. The predicted octanol–water partition coefficient (Wildman–Crippen LogP) is 1.81. The molecule has 1 atom stereocenters. The summed E-state index contributed by atoms with van der Waals surface area (Å²) in [4.78, 5) is 0. The molecule has 0 spiro atoms. The van der Waals surface area contributed by atoms with Gasteiger partial charge in [0.25, 0.3) is 0 Å². The first-order chi connectivity index (χ1) is 5.74. The molecule has 2 aliphatic rings. The standard InChI is InChI=1S/C10H20N2/c1-10(6-7-10)9(12-11)5-4-8-2-3-8/h8-9,12H,2-7,11H2,1H3. The van der Waals surface area contributed by atoms with Gasteiger partial charge in [0.2, 0.25) is 0 Å². The van der Waals surface area contributed by atoms with E-state index in [2.05, 4.69) is 12.3 Å². The molecule has 2 heteroatoms.